The van der Waals surface area contributed by atoms with Crippen LogP contribution in [-0.2, 0) is 0 Å². The van der Waals surface area contributed by atoms with Crippen LogP contribution in [0, 0.1) is 11.6 Å². The van der Waals surface area contributed by atoms with Crippen molar-refractivity contribution in [3.05, 3.63) is 29.3 Å². The maximum absolute atomic E-state index is 13.2. The highest BCUT2D eigenvalue weighted by atomic mass is 19.4. The Hall–Kier alpha value is -1.33. The van der Waals surface area contributed by atoms with Crippen molar-refractivity contribution in [2.75, 3.05) is 11.9 Å². The largest absolute Gasteiger partial charge is 0.397 e. The Morgan fingerprint density at radius 3 is 2.47 bits per heavy atom. The summed E-state index contributed by atoms with van der Waals surface area (Å²) in [6.07, 6.45) is -4.56. The highest BCUT2D eigenvalue weighted by molar-refractivity contribution is 5.59. The Kier molecular flexibility index (Phi) is 2.09. The van der Waals surface area contributed by atoms with Gasteiger partial charge < -0.3 is 5.32 Å². The summed E-state index contributed by atoms with van der Waals surface area (Å²) in [5, 5.41) is 2.40. The first-order valence-electron chi connectivity index (χ1n) is 4.19. The van der Waals surface area contributed by atoms with Gasteiger partial charge in [-0.15, -0.1) is 0 Å². The fourth-order valence-electron chi connectivity index (χ4n) is 1.65. The molecule has 1 aromatic carbocycles. The van der Waals surface area contributed by atoms with Crippen LogP contribution in [0.1, 0.15) is 11.5 Å². The summed E-state index contributed by atoms with van der Waals surface area (Å²) >= 11 is 0. The molecule has 0 saturated heterocycles. The lowest BCUT2D eigenvalue weighted by Crippen LogP contribution is -2.23. The van der Waals surface area contributed by atoms with Gasteiger partial charge in [0.25, 0.3) is 0 Å². The van der Waals surface area contributed by atoms with Gasteiger partial charge in [-0.1, -0.05) is 0 Å². The molecule has 1 N–H and O–H groups in total. The lowest BCUT2D eigenvalue weighted by atomic mass is 10.00. The Labute approximate surface area is 81.9 Å². The zero-order chi connectivity index (χ0) is 11.2. The minimum atomic E-state index is -4.56. The summed E-state index contributed by atoms with van der Waals surface area (Å²) in [6, 6.07) is 1.92. The van der Waals surface area contributed by atoms with Crippen LogP contribution in [0.2, 0.25) is 0 Å². The molecule has 1 heterocycles. The van der Waals surface area contributed by atoms with E-state index in [-0.39, 0.29) is 5.69 Å². The Balaban J connectivity index is 2.54. The summed E-state index contributed by atoms with van der Waals surface area (Å²) in [7, 11) is 0. The smallest absolute Gasteiger partial charge is 0.384 e. The third-order valence-electron chi connectivity index (χ3n) is 2.37. The molecule has 0 saturated carbocycles. The van der Waals surface area contributed by atoms with E-state index in [1.807, 2.05) is 0 Å². The zero-order valence-electron chi connectivity index (χ0n) is 7.33. The number of hydrogen-bond donors (Lipinski definition) is 1. The number of anilines is 1. The predicted octanol–water partition coefficient (Wildman–Crippen LogP) is 3.04. The van der Waals surface area contributed by atoms with Gasteiger partial charge in [0, 0.05) is 17.8 Å². The van der Waals surface area contributed by atoms with E-state index < -0.39 is 35.8 Å². The highest BCUT2D eigenvalue weighted by Gasteiger charge is 2.46. The molecule has 0 aliphatic carbocycles. The minimum absolute atomic E-state index is 0.0104. The maximum atomic E-state index is 13.2. The summed E-state index contributed by atoms with van der Waals surface area (Å²) < 4.78 is 63.2. The van der Waals surface area contributed by atoms with Crippen molar-refractivity contribution < 1.29 is 22.0 Å². The van der Waals surface area contributed by atoms with Crippen LogP contribution < -0.4 is 5.32 Å². The van der Waals surface area contributed by atoms with Crippen LogP contribution in [0.3, 0.4) is 0 Å². The third kappa shape index (κ3) is 1.53. The molecule has 0 radical (unpaired) electrons. The molecule has 0 fully saturated rings. The molecule has 1 aromatic rings. The molecule has 6 heteroatoms. The van der Waals surface area contributed by atoms with Gasteiger partial charge in [-0.05, 0) is 12.1 Å². The Morgan fingerprint density at radius 2 is 1.87 bits per heavy atom. The van der Waals surface area contributed by atoms with E-state index in [1.54, 1.807) is 0 Å². The first kappa shape index (κ1) is 10.2. The highest BCUT2D eigenvalue weighted by Crippen LogP contribution is 2.43. The second-order valence-electron chi connectivity index (χ2n) is 3.30. The lowest BCUT2D eigenvalue weighted by molar-refractivity contribution is -0.146. The van der Waals surface area contributed by atoms with Gasteiger partial charge in [0.1, 0.15) is 5.92 Å². The van der Waals surface area contributed by atoms with Gasteiger partial charge in [-0.2, -0.15) is 13.2 Å². The lowest BCUT2D eigenvalue weighted by Gasteiger charge is -2.14. The number of hydrogen-bond acceptors (Lipinski definition) is 1. The normalized spacial score (nSPS) is 19.9. The van der Waals surface area contributed by atoms with Crippen molar-refractivity contribution in [3.63, 3.8) is 0 Å². The average Bonchev–Trinajstić information content (AvgIpc) is 2.54. The van der Waals surface area contributed by atoms with Gasteiger partial charge in [0.2, 0.25) is 0 Å². The van der Waals surface area contributed by atoms with E-state index in [0.29, 0.717) is 0 Å². The number of alkyl halides is 3. The van der Waals surface area contributed by atoms with Crippen LogP contribution in [-0.4, -0.2) is 12.7 Å². The monoisotopic (exact) mass is 223 g/mol. The molecule has 2 rings (SSSR count). The van der Waals surface area contributed by atoms with Crippen molar-refractivity contribution in [2.24, 2.45) is 0 Å². The van der Waals surface area contributed by atoms with Crippen LogP contribution in [0.15, 0.2) is 12.1 Å². The second kappa shape index (κ2) is 3.08. The molecule has 0 bridgehead atoms. The molecular weight excluding hydrogens is 217 g/mol. The average molecular weight is 223 g/mol. The van der Waals surface area contributed by atoms with Gasteiger partial charge >= 0.3 is 6.18 Å². The van der Waals surface area contributed by atoms with Crippen LogP contribution in [0.25, 0.3) is 0 Å². The molecule has 0 amide bonds. The van der Waals surface area contributed by atoms with Crippen molar-refractivity contribution in [1.82, 2.24) is 0 Å². The summed E-state index contributed by atoms with van der Waals surface area (Å²) in [5.41, 5.74) is -0.612. The molecular formula is C9H6F5N. The van der Waals surface area contributed by atoms with Crippen molar-refractivity contribution in [1.29, 1.82) is 0 Å². The van der Waals surface area contributed by atoms with E-state index in [1.165, 1.54) is 0 Å². The number of benzene rings is 1. The van der Waals surface area contributed by atoms with Crippen molar-refractivity contribution >= 4 is 5.69 Å². The third-order valence-corrected chi connectivity index (χ3v) is 2.37. The fraction of sp³-hybridized carbons (Fsp3) is 0.333. The van der Waals surface area contributed by atoms with E-state index in [0.717, 1.165) is 12.1 Å². The molecule has 1 aliphatic heterocycles. The molecule has 1 aliphatic rings. The van der Waals surface area contributed by atoms with Gasteiger partial charge in [0.15, 0.2) is 11.6 Å². The molecule has 0 aromatic heterocycles. The summed E-state index contributed by atoms with van der Waals surface area (Å²) in [5.74, 6) is -4.64. The Bertz CT molecular complexity index is 398. The molecule has 15 heavy (non-hydrogen) atoms. The first-order chi connectivity index (χ1) is 6.91. The Morgan fingerprint density at radius 1 is 1.20 bits per heavy atom. The first-order valence-corrected chi connectivity index (χ1v) is 4.19. The van der Waals surface area contributed by atoms with E-state index in [2.05, 4.69) is 5.32 Å². The molecule has 0 spiro atoms. The number of nitrogens with one attached hydrogen (secondary N) is 1. The SMILES string of the molecule is Fc1ccc2c(c1F)C(C(F)(F)F)CN2. The molecule has 82 valence electrons. The topological polar surface area (TPSA) is 12.0 Å². The number of halogens is 5. The van der Waals surface area contributed by atoms with Crippen LogP contribution in [0.4, 0.5) is 27.6 Å². The van der Waals surface area contributed by atoms with Gasteiger partial charge in [-0.3, -0.25) is 0 Å². The van der Waals surface area contributed by atoms with E-state index >= 15 is 0 Å². The van der Waals surface area contributed by atoms with Crippen molar-refractivity contribution in [2.45, 2.75) is 12.1 Å². The predicted molar refractivity (Wildman–Crippen MR) is 43.6 cm³/mol. The van der Waals surface area contributed by atoms with Crippen LogP contribution >= 0.6 is 0 Å². The van der Waals surface area contributed by atoms with Crippen LogP contribution in [0.5, 0.6) is 0 Å². The van der Waals surface area contributed by atoms with E-state index in [4.69, 9.17) is 0 Å². The quantitative estimate of drug-likeness (QED) is 0.666. The number of fused-ring (bicyclic) bond motifs is 1. The van der Waals surface area contributed by atoms with Gasteiger partial charge in [0.05, 0.1) is 0 Å². The van der Waals surface area contributed by atoms with E-state index in [9.17, 15) is 22.0 Å². The molecule has 1 nitrogen and oxygen atoms in total. The second-order valence-corrected chi connectivity index (χ2v) is 3.30. The zero-order valence-corrected chi connectivity index (χ0v) is 7.33. The minimum Gasteiger partial charge on any atom is -0.384 e. The molecule has 1 atom stereocenters. The summed E-state index contributed by atoms with van der Waals surface area (Å²) in [4.78, 5) is 0. The number of rotatable bonds is 0. The molecule has 1 unspecified atom stereocenters. The maximum Gasteiger partial charge on any atom is 0.397 e. The summed E-state index contributed by atoms with van der Waals surface area (Å²) in [6.45, 7) is -0.445. The standard InChI is InChI=1S/C9H6F5N/c10-5-1-2-6-7(8(5)11)4(3-15-6)9(12,13)14/h1-2,4,15H,3H2. The van der Waals surface area contributed by atoms with Crippen molar-refractivity contribution in [3.8, 4) is 0 Å². The fourth-order valence-corrected chi connectivity index (χ4v) is 1.65. The van der Waals surface area contributed by atoms with Gasteiger partial charge in [-0.25, -0.2) is 8.78 Å².